The summed E-state index contributed by atoms with van der Waals surface area (Å²) >= 11 is 6.27. The molecular weight excluding hydrogens is 594 g/mol. The van der Waals surface area contributed by atoms with Gasteiger partial charge < -0.3 is 24.8 Å². The van der Waals surface area contributed by atoms with Crippen molar-refractivity contribution in [1.82, 2.24) is 10.3 Å². The van der Waals surface area contributed by atoms with Gasteiger partial charge in [0.25, 0.3) is 0 Å². The van der Waals surface area contributed by atoms with E-state index < -0.39 is 17.7 Å². The highest BCUT2D eigenvalue weighted by Crippen LogP contribution is 2.60. The van der Waals surface area contributed by atoms with Crippen LogP contribution in [0.15, 0.2) is 36.4 Å². The summed E-state index contributed by atoms with van der Waals surface area (Å²) in [5.74, 6) is 1.18. The number of rotatable bonds is 9. The third kappa shape index (κ3) is 5.54. The molecule has 0 radical (unpaired) electrons. The largest absolute Gasteiger partial charge is 0.497 e. The fourth-order valence-electron chi connectivity index (χ4n) is 8.37. The summed E-state index contributed by atoms with van der Waals surface area (Å²) in [5, 5.41) is 9.41. The fraction of sp³-hybridized carbons (Fsp3) is 0.600. The first-order chi connectivity index (χ1) is 21.7. The molecule has 8 rings (SSSR count). The van der Waals surface area contributed by atoms with Gasteiger partial charge in [0, 0.05) is 41.2 Å². The van der Waals surface area contributed by atoms with Crippen molar-refractivity contribution in [2.75, 3.05) is 25.5 Å². The molecule has 5 fully saturated rings. The molecule has 9 nitrogen and oxygen atoms in total. The van der Waals surface area contributed by atoms with Gasteiger partial charge in [0.15, 0.2) is 11.9 Å². The minimum absolute atomic E-state index is 0.00810. The standard InChI is InChI=1S/C35H44ClN3O6/c1-20-7-11-27-21(2)30(42-33-35(27)26(20)13-14-34(3,43-33)44-45-35)19-31(40)37-15-5-6-16-38-32-24-10-8-22(36)17-29(24)39-28-12-9-23(41-4)18-25(28)32/h8-10,12,17-18,20-21,26-27,30,33H,5-7,11,13-16,19H2,1-4H3,(H,37,40)(H,38,39)/t20-,21-,26+,27+,30-,33-,34-,35-/m1/s1. The Morgan fingerprint density at radius 2 is 1.87 bits per heavy atom. The van der Waals surface area contributed by atoms with Crippen LogP contribution in [0.5, 0.6) is 5.75 Å². The van der Waals surface area contributed by atoms with Crippen molar-refractivity contribution in [1.29, 1.82) is 0 Å². The lowest BCUT2D eigenvalue weighted by molar-refractivity contribution is -0.570. The first-order valence-electron chi connectivity index (χ1n) is 16.5. The minimum atomic E-state index is -0.813. The third-order valence-electron chi connectivity index (χ3n) is 10.9. The summed E-state index contributed by atoms with van der Waals surface area (Å²) < 4.78 is 18.5. The van der Waals surface area contributed by atoms with E-state index in [2.05, 4.69) is 24.5 Å². The molecule has 2 aromatic carbocycles. The average molecular weight is 638 g/mol. The van der Waals surface area contributed by atoms with Crippen LogP contribution in [0.2, 0.25) is 5.02 Å². The molecule has 1 aliphatic carbocycles. The van der Waals surface area contributed by atoms with Crippen molar-refractivity contribution in [3.63, 3.8) is 0 Å². The molecule has 5 aliphatic rings. The first-order valence-corrected chi connectivity index (χ1v) is 16.9. The number of nitrogens with one attached hydrogen (secondary N) is 2. The maximum atomic E-state index is 13.1. The van der Waals surface area contributed by atoms with Crippen LogP contribution >= 0.6 is 11.6 Å². The number of methoxy groups -OCH3 is 1. The van der Waals surface area contributed by atoms with Gasteiger partial charge in [-0.15, -0.1) is 0 Å². The van der Waals surface area contributed by atoms with E-state index in [1.165, 1.54) is 0 Å². The highest BCUT2D eigenvalue weighted by atomic mass is 35.5. The fourth-order valence-corrected chi connectivity index (χ4v) is 8.54. The summed E-state index contributed by atoms with van der Waals surface area (Å²) in [4.78, 5) is 30.1. The zero-order valence-electron chi connectivity index (χ0n) is 26.6. The third-order valence-corrected chi connectivity index (χ3v) is 11.1. The van der Waals surface area contributed by atoms with Gasteiger partial charge >= 0.3 is 0 Å². The molecule has 10 heteroatoms. The van der Waals surface area contributed by atoms with Gasteiger partial charge in [0.05, 0.1) is 36.4 Å². The van der Waals surface area contributed by atoms with E-state index in [1.807, 2.05) is 43.3 Å². The average Bonchev–Trinajstić information content (AvgIpc) is 3.26. The van der Waals surface area contributed by atoms with Crippen LogP contribution in [-0.2, 0) is 24.0 Å². The van der Waals surface area contributed by atoms with Gasteiger partial charge in [-0.2, -0.15) is 0 Å². The van der Waals surface area contributed by atoms with E-state index in [0.29, 0.717) is 29.8 Å². The quantitative estimate of drug-likeness (QED) is 0.147. The Balaban J connectivity index is 0.947. The summed E-state index contributed by atoms with van der Waals surface area (Å²) in [6.45, 7) is 7.79. The van der Waals surface area contributed by atoms with E-state index in [0.717, 1.165) is 78.3 Å². The number of nitrogens with zero attached hydrogens (tertiary/aromatic N) is 1. The van der Waals surface area contributed by atoms with Gasteiger partial charge in [0.1, 0.15) is 5.75 Å². The summed E-state index contributed by atoms with van der Waals surface area (Å²) in [6.07, 6.45) is 5.23. The molecule has 8 atom stereocenters. The Hall–Kier alpha value is -2.69. The minimum Gasteiger partial charge on any atom is -0.497 e. The number of unbranched alkanes of at least 4 members (excludes halogenated alkanes) is 1. The van der Waals surface area contributed by atoms with E-state index in [4.69, 9.17) is 40.6 Å². The number of hydrogen-bond acceptors (Lipinski definition) is 8. The molecular formula is C35H44ClN3O6. The van der Waals surface area contributed by atoms with Crippen LogP contribution in [0.25, 0.3) is 21.8 Å². The number of carbonyl (C=O) groups excluding carboxylic acids is 1. The maximum absolute atomic E-state index is 13.1. The molecule has 1 aromatic heterocycles. The van der Waals surface area contributed by atoms with Crippen molar-refractivity contribution in [2.24, 2.45) is 23.7 Å². The maximum Gasteiger partial charge on any atom is 0.222 e. The lowest BCUT2D eigenvalue weighted by Gasteiger charge is -2.60. The molecule has 2 bridgehead atoms. The molecule has 1 saturated carbocycles. The Morgan fingerprint density at radius 1 is 1.02 bits per heavy atom. The second-order valence-electron chi connectivity index (χ2n) is 13.7. The van der Waals surface area contributed by atoms with E-state index in [-0.39, 0.29) is 23.8 Å². The molecule has 3 aromatic rings. The molecule has 1 amide bonds. The molecule has 242 valence electrons. The van der Waals surface area contributed by atoms with Crippen molar-refractivity contribution in [3.05, 3.63) is 41.4 Å². The molecule has 1 spiro atoms. The van der Waals surface area contributed by atoms with Crippen LogP contribution in [0, 0.1) is 23.7 Å². The topological polar surface area (TPSA) is 100 Å². The summed E-state index contributed by atoms with van der Waals surface area (Å²) in [5.41, 5.74) is 2.12. The number of fused-ring (bicyclic) bond motifs is 4. The molecule has 2 N–H and O–H groups in total. The van der Waals surface area contributed by atoms with Crippen molar-refractivity contribution in [3.8, 4) is 5.75 Å². The second-order valence-corrected chi connectivity index (χ2v) is 14.1. The number of carbonyl (C=O) groups is 1. The van der Waals surface area contributed by atoms with Crippen LogP contribution < -0.4 is 15.4 Å². The number of hydrogen-bond donors (Lipinski definition) is 2. The zero-order valence-corrected chi connectivity index (χ0v) is 27.3. The smallest absolute Gasteiger partial charge is 0.222 e. The SMILES string of the molecule is COc1ccc2nc3cc(Cl)ccc3c(NCCCCNC(=O)C[C@H]3O[C@@H]4O[C@@]5(C)CC[C@H]6[C@H](C)CC[C@@H]([C@H]3C)[C@@]46OO5)c2c1. The van der Waals surface area contributed by atoms with Gasteiger partial charge in [-0.1, -0.05) is 25.4 Å². The predicted molar refractivity (Wildman–Crippen MR) is 173 cm³/mol. The van der Waals surface area contributed by atoms with E-state index >= 15 is 0 Å². The number of aromatic nitrogens is 1. The van der Waals surface area contributed by atoms with Crippen molar-refractivity contribution in [2.45, 2.75) is 89.5 Å². The number of benzene rings is 2. The van der Waals surface area contributed by atoms with Crippen molar-refractivity contribution < 1.29 is 28.8 Å². The first kappa shape index (κ1) is 30.9. The number of ether oxygens (including phenoxy) is 3. The summed E-state index contributed by atoms with van der Waals surface area (Å²) in [7, 11) is 1.66. The molecule has 4 aliphatic heterocycles. The normalized spacial score (nSPS) is 33.9. The number of amides is 1. The second kappa shape index (κ2) is 12.2. The van der Waals surface area contributed by atoms with Gasteiger partial charge in [-0.3, -0.25) is 4.79 Å². The van der Waals surface area contributed by atoms with Crippen molar-refractivity contribution >= 4 is 45.0 Å². The highest BCUT2D eigenvalue weighted by molar-refractivity contribution is 6.31. The van der Waals surface area contributed by atoms with Gasteiger partial charge in [0.2, 0.25) is 11.7 Å². The van der Waals surface area contributed by atoms with E-state index in [1.54, 1.807) is 7.11 Å². The van der Waals surface area contributed by atoms with Crippen LogP contribution in [-0.4, -0.2) is 54.9 Å². The predicted octanol–water partition coefficient (Wildman–Crippen LogP) is 7.00. The molecule has 4 saturated heterocycles. The Morgan fingerprint density at radius 3 is 2.71 bits per heavy atom. The van der Waals surface area contributed by atoms with Crippen LogP contribution in [0.3, 0.4) is 0 Å². The molecule has 5 heterocycles. The summed E-state index contributed by atoms with van der Waals surface area (Å²) in [6, 6.07) is 11.7. The number of pyridine rings is 1. The lowest BCUT2D eigenvalue weighted by Crippen LogP contribution is -2.70. The van der Waals surface area contributed by atoms with Crippen LogP contribution in [0.4, 0.5) is 5.69 Å². The zero-order chi connectivity index (χ0) is 31.3. The van der Waals surface area contributed by atoms with Gasteiger partial charge in [-0.05, 0) is 93.2 Å². The molecule has 45 heavy (non-hydrogen) atoms. The monoisotopic (exact) mass is 637 g/mol. The Bertz CT molecular complexity index is 1590. The lowest BCUT2D eigenvalue weighted by atomic mass is 9.57. The van der Waals surface area contributed by atoms with Crippen LogP contribution in [0.1, 0.15) is 65.7 Å². The van der Waals surface area contributed by atoms with E-state index in [9.17, 15) is 4.79 Å². The highest BCUT2D eigenvalue weighted by Gasteiger charge is 2.69. The number of anilines is 1. The molecule has 0 unspecified atom stereocenters. The van der Waals surface area contributed by atoms with Gasteiger partial charge in [-0.25, -0.2) is 14.8 Å². The Kier molecular flexibility index (Phi) is 8.36. The number of halogens is 1. The Labute approximate surface area is 269 Å².